The lowest BCUT2D eigenvalue weighted by Crippen LogP contribution is -2.20. The van der Waals surface area contributed by atoms with Crippen molar-refractivity contribution in [1.82, 2.24) is 19.9 Å². The molecule has 4 rings (SSSR count). The summed E-state index contributed by atoms with van der Waals surface area (Å²) in [7, 11) is 0. The van der Waals surface area contributed by atoms with Gasteiger partial charge in [-0.3, -0.25) is 9.88 Å². The Hall–Kier alpha value is -2.24. The first kappa shape index (κ1) is 17.2. The number of benzene rings is 1. The van der Waals surface area contributed by atoms with E-state index in [2.05, 4.69) is 38.9 Å². The van der Waals surface area contributed by atoms with Gasteiger partial charge in [0.15, 0.2) is 0 Å². The van der Waals surface area contributed by atoms with Gasteiger partial charge in [-0.1, -0.05) is 11.6 Å². The highest BCUT2D eigenvalue weighted by Crippen LogP contribution is 2.31. The van der Waals surface area contributed by atoms with E-state index in [-0.39, 0.29) is 5.02 Å². The van der Waals surface area contributed by atoms with E-state index in [1.807, 2.05) is 6.20 Å². The number of H-pyrrole nitrogens is 1. The van der Waals surface area contributed by atoms with Gasteiger partial charge >= 0.3 is 0 Å². The minimum Gasteiger partial charge on any atom is -0.348 e. The second-order valence-electron chi connectivity index (χ2n) is 6.80. The van der Waals surface area contributed by atoms with E-state index in [4.69, 9.17) is 11.6 Å². The van der Waals surface area contributed by atoms with E-state index >= 15 is 0 Å². The lowest BCUT2D eigenvalue weighted by molar-refractivity contribution is 0.322. The van der Waals surface area contributed by atoms with Gasteiger partial charge in [0.2, 0.25) is 0 Å². The van der Waals surface area contributed by atoms with Gasteiger partial charge in [0.05, 0.1) is 22.7 Å². The number of hydrogen-bond donors (Lipinski definition) is 1. The predicted octanol–water partition coefficient (Wildman–Crippen LogP) is 4.56. The fourth-order valence-corrected chi connectivity index (χ4v) is 3.70. The van der Waals surface area contributed by atoms with Crippen molar-refractivity contribution in [2.45, 2.75) is 25.8 Å². The van der Waals surface area contributed by atoms with Gasteiger partial charge in [0.25, 0.3) is 0 Å². The molecule has 6 heteroatoms. The van der Waals surface area contributed by atoms with Crippen LogP contribution in [0.4, 0.5) is 4.39 Å². The molecule has 1 aliphatic heterocycles. The summed E-state index contributed by atoms with van der Waals surface area (Å²) in [4.78, 5) is 14.4. The zero-order valence-electron chi connectivity index (χ0n) is 14.5. The quantitative estimate of drug-likeness (QED) is 0.732. The highest BCUT2D eigenvalue weighted by Gasteiger charge is 2.25. The Morgan fingerprint density at radius 1 is 1.27 bits per heavy atom. The fraction of sp³-hybridized carbons (Fsp3) is 0.300. The van der Waals surface area contributed by atoms with Crippen LogP contribution in [0.15, 0.2) is 42.9 Å². The number of aromatic amines is 1. The first-order valence-corrected chi connectivity index (χ1v) is 9.10. The van der Waals surface area contributed by atoms with Gasteiger partial charge in [-0.25, -0.2) is 9.37 Å². The van der Waals surface area contributed by atoms with Crippen molar-refractivity contribution in [3.63, 3.8) is 0 Å². The largest absolute Gasteiger partial charge is 0.348 e. The number of nitrogens with zero attached hydrogens (tertiary/aromatic N) is 3. The maximum absolute atomic E-state index is 13.4. The molecule has 3 aromatic rings. The Morgan fingerprint density at radius 2 is 2.15 bits per heavy atom. The van der Waals surface area contributed by atoms with Crippen LogP contribution in [0.2, 0.25) is 5.02 Å². The first-order valence-electron chi connectivity index (χ1n) is 8.73. The van der Waals surface area contributed by atoms with Crippen LogP contribution in [-0.2, 0) is 6.54 Å². The summed E-state index contributed by atoms with van der Waals surface area (Å²) in [5, 5.41) is 0.121. The molecular weight excluding hydrogens is 351 g/mol. The Morgan fingerprint density at radius 3 is 2.92 bits per heavy atom. The third-order valence-corrected chi connectivity index (χ3v) is 5.34. The Bertz CT molecular complexity index is 924. The first-order chi connectivity index (χ1) is 12.6. The van der Waals surface area contributed by atoms with E-state index in [0.717, 1.165) is 48.7 Å². The molecule has 0 saturated carbocycles. The molecule has 1 aliphatic rings. The standard InChI is InChI=1S/C20H20ClFN4/c1-13-20(25-12-24-13)11-26-7-5-16(10-26)14-4-6-23-19(9-14)15-2-3-18(22)17(21)8-15/h2-4,6,8-9,12,16H,5,7,10-11H2,1H3,(H,24,25)/t16-/m1/s1. The number of halogens is 2. The van der Waals surface area contributed by atoms with Crippen molar-refractivity contribution in [1.29, 1.82) is 0 Å². The minimum absolute atomic E-state index is 0.121. The third-order valence-electron chi connectivity index (χ3n) is 5.05. The minimum atomic E-state index is -0.410. The summed E-state index contributed by atoms with van der Waals surface area (Å²) in [5.41, 5.74) is 5.16. The van der Waals surface area contributed by atoms with Crippen molar-refractivity contribution in [3.8, 4) is 11.3 Å². The highest BCUT2D eigenvalue weighted by molar-refractivity contribution is 6.31. The summed E-state index contributed by atoms with van der Waals surface area (Å²) < 4.78 is 13.4. The number of imidazole rings is 1. The Kier molecular flexibility index (Phi) is 4.74. The summed E-state index contributed by atoms with van der Waals surface area (Å²) in [6.07, 6.45) is 4.68. The third kappa shape index (κ3) is 3.50. The van der Waals surface area contributed by atoms with E-state index in [9.17, 15) is 4.39 Å². The summed E-state index contributed by atoms with van der Waals surface area (Å²) in [5.74, 6) is 0.0542. The lowest BCUT2D eigenvalue weighted by atomic mass is 9.97. The van der Waals surface area contributed by atoms with Crippen molar-refractivity contribution >= 4 is 11.6 Å². The molecule has 0 amide bonds. The summed E-state index contributed by atoms with van der Waals surface area (Å²) in [6, 6.07) is 8.90. The number of aryl methyl sites for hydroxylation is 1. The Balaban J connectivity index is 1.50. The molecule has 1 aromatic carbocycles. The van der Waals surface area contributed by atoms with Crippen molar-refractivity contribution in [2.75, 3.05) is 13.1 Å². The van der Waals surface area contributed by atoms with Gasteiger partial charge in [-0.05, 0) is 61.7 Å². The van der Waals surface area contributed by atoms with Crippen LogP contribution in [0.25, 0.3) is 11.3 Å². The molecule has 0 radical (unpaired) electrons. The molecule has 4 nitrogen and oxygen atoms in total. The second kappa shape index (κ2) is 7.17. The van der Waals surface area contributed by atoms with Crippen LogP contribution in [0.1, 0.15) is 29.3 Å². The van der Waals surface area contributed by atoms with Crippen LogP contribution in [-0.4, -0.2) is 32.9 Å². The van der Waals surface area contributed by atoms with E-state index in [1.165, 1.54) is 11.6 Å². The van der Waals surface area contributed by atoms with Crippen molar-refractivity contribution < 1.29 is 4.39 Å². The number of aromatic nitrogens is 3. The molecule has 1 N–H and O–H groups in total. The normalized spacial score (nSPS) is 17.7. The molecule has 1 saturated heterocycles. The molecule has 3 heterocycles. The molecule has 134 valence electrons. The topological polar surface area (TPSA) is 44.8 Å². The number of rotatable bonds is 4. The number of likely N-dealkylation sites (tertiary alicyclic amines) is 1. The van der Waals surface area contributed by atoms with Crippen molar-refractivity contribution in [2.24, 2.45) is 0 Å². The smallest absolute Gasteiger partial charge is 0.141 e. The molecule has 2 aromatic heterocycles. The maximum Gasteiger partial charge on any atom is 0.141 e. The molecule has 0 spiro atoms. The molecular formula is C20H20ClFN4. The van der Waals surface area contributed by atoms with Gasteiger partial charge in [-0.15, -0.1) is 0 Å². The number of nitrogens with one attached hydrogen (secondary N) is 1. The zero-order valence-corrected chi connectivity index (χ0v) is 15.3. The average Bonchev–Trinajstić information content (AvgIpc) is 3.27. The Labute approximate surface area is 157 Å². The van der Waals surface area contributed by atoms with E-state index in [0.29, 0.717) is 5.92 Å². The van der Waals surface area contributed by atoms with Gasteiger partial charge in [0.1, 0.15) is 5.82 Å². The van der Waals surface area contributed by atoms with E-state index in [1.54, 1.807) is 18.5 Å². The molecule has 0 bridgehead atoms. The molecule has 0 unspecified atom stereocenters. The second-order valence-corrected chi connectivity index (χ2v) is 7.21. The number of hydrogen-bond acceptors (Lipinski definition) is 3. The molecule has 26 heavy (non-hydrogen) atoms. The number of pyridine rings is 1. The SMILES string of the molecule is Cc1[nH]cnc1CN1CC[C@@H](c2ccnc(-c3ccc(F)c(Cl)c3)c2)C1. The van der Waals surface area contributed by atoms with Crippen molar-refractivity contribution in [3.05, 3.63) is 70.6 Å². The maximum atomic E-state index is 13.4. The van der Waals surface area contributed by atoms with Crippen LogP contribution < -0.4 is 0 Å². The summed E-state index contributed by atoms with van der Waals surface area (Å²) >= 11 is 5.91. The predicted molar refractivity (Wildman–Crippen MR) is 101 cm³/mol. The van der Waals surface area contributed by atoms with Gasteiger partial charge < -0.3 is 4.98 Å². The van der Waals surface area contributed by atoms with Crippen LogP contribution >= 0.6 is 11.6 Å². The molecule has 1 fully saturated rings. The van der Waals surface area contributed by atoms with Crippen LogP contribution in [0.3, 0.4) is 0 Å². The lowest BCUT2D eigenvalue weighted by Gasteiger charge is -2.16. The van der Waals surface area contributed by atoms with Gasteiger partial charge in [0, 0.05) is 30.5 Å². The monoisotopic (exact) mass is 370 g/mol. The summed E-state index contributed by atoms with van der Waals surface area (Å²) in [6.45, 7) is 4.98. The highest BCUT2D eigenvalue weighted by atomic mass is 35.5. The molecule has 0 aliphatic carbocycles. The molecule has 1 atom stereocenters. The van der Waals surface area contributed by atoms with Gasteiger partial charge in [-0.2, -0.15) is 0 Å². The average molecular weight is 371 g/mol. The van der Waals surface area contributed by atoms with Crippen LogP contribution in [0, 0.1) is 12.7 Å². The van der Waals surface area contributed by atoms with E-state index < -0.39 is 5.82 Å². The fourth-order valence-electron chi connectivity index (χ4n) is 3.52. The van der Waals surface area contributed by atoms with Crippen LogP contribution in [0.5, 0.6) is 0 Å². The zero-order chi connectivity index (χ0) is 18.1.